The van der Waals surface area contributed by atoms with E-state index in [1.807, 2.05) is 54.6 Å². The molecule has 2 aromatic rings. The monoisotopic (exact) mass is 267 g/mol. The van der Waals surface area contributed by atoms with Crippen molar-refractivity contribution in [3.05, 3.63) is 60.2 Å². The summed E-state index contributed by atoms with van der Waals surface area (Å²) in [5, 5.41) is 0. The van der Waals surface area contributed by atoms with Gasteiger partial charge in [0, 0.05) is 12.2 Å². The molecule has 0 amide bonds. The van der Waals surface area contributed by atoms with Gasteiger partial charge in [-0.2, -0.15) is 0 Å². The van der Waals surface area contributed by atoms with Crippen LogP contribution in [0.5, 0.6) is 0 Å². The van der Waals surface area contributed by atoms with Crippen molar-refractivity contribution < 1.29 is 9.53 Å². The zero-order chi connectivity index (χ0) is 14.0. The second-order valence-electron chi connectivity index (χ2n) is 5.23. The van der Waals surface area contributed by atoms with Crippen molar-refractivity contribution in [2.45, 2.75) is 12.0 Å². The summed E-state index contributed by atoms with van der Waals surface area (Å²) in [5.41, 5.74) is 8.14. The van der Waals surface area contributed by atoms with Gasteiger partial charge >= 0.3 is 0 Å². The maximum Gasteiger partial charge on any atom is 0.185 e. The highest BCUT2D eigenvalue weighted by atomic mass is 16.5. The lowest BCUT2D eigenvalue weighted by Gasteiger charge is -2.20. The van der Waals surface area contributed by atoms with Gasteiger partial charge in [-0.3, -0.25) is 4.79 Å². The Labute approximate surface area is 118 Å². The van der Waals surface area contributed by atoms with Crippen molar-refractivity contribution in [2.75, 3.05) is 13.2 Å². The third-order valence-corrected chi connectivity index (χ3v) is 3.76. The minimum Gasteiger partial charge on any atom is -0.379 e. The van der Waals surface area contributed by atoms with Gasteiger partial charge in [0.1, 0.15) is 5.54 Å². The predicted octanol–water partition coefficient (Wildman–Crippen LogP) is 2.65. The summed E-state index contributed by atoms with van der Waals surface area (Å²) in [7, 11) is 0. The first-order chi connectivity index (χ1) is 9.69. The second-order valence-corrected chi connectivity index (χ2v) is 5.23. The van der Waals surface area contributed by atoms with Crippen LogP contribution in [0, 0.1) is 0 Å². The molecule has 1 unspecified atom stereocenters. The fraction of sp³-hybridized carbons (Fsp3) is 0.235. The zero-order valence-electron chi connectivity index (χ0n) is 11.2. The normalized spacial score (nSPS) is 21.9. The molecule has 102 valence electrons. The molecule has 0 aliphatic carbocycles. The zero-order valence-corrected chi connectivity index (χ0v) is 11.2. The molecule has 0 aromatic heterocycles. The van der Waals surface area contributed by atoms with E-state index in [1.165, 1.54) is 0 Å². The maximum atomic E-state index is 12.4. The van der Waals surface area contributed by atoms with Crippen molar-refractivity contribution in [1.82, 2.24) is 0 Å². The molecule has 1 heterocycles. The molecule has 1 aliphatic rings. The molecule has 1 aliphatic heterocycles. The van der Waals surface area contributed by atoms with Crippen LogP contribution in [0.2, 0.25) is 0 Å². The summed E-state index contributed by atoms with van der Waals surface area (Å²) in [4.78, 5) is 12.4. The summed E-state index contributed by atoms with van der Waals surface area (Å²) >= 11 is 0. The molecule has 0 spiro atoms. The van der Waals surface area contributed by atoms with Gasteiger partial charge in [0.05, 0.1) is 6.61 Å². The van der Waals surface area contributed by atoms with Crippen LogP contribution in [-0.4, -0.2) is 24.5 Å². The first-order valence-electron chi connectivity index (χ1n) is 6.76. The highest BCUT2D eigenvalue weighted by Crippen LogP contribution is 2.24. The SMILES string of the molecule is NC1(C(=O)c2ccc(-c3ccccc3)cc2)CCOC1. The van der Waals surface area contributed by atoms with Gasteiger partial charge in [-0.25, -0.2) is 0 Å². The Hall–Kier alpha value is -1.97. The van der Waals surface area contributed by atoms with E-state index in [0.717, 1.165) is 11.1 Å². The van der Waals surface area contributed by atoms with Gasteiger partial charge in [0.2, 0.25) is 0 Å². The molecule has 1 fully saturated rings. The molecule has 20 heavy (non-hydrogen) atoms. The first-order valence-corrected chi connectivity index (χ1v) is 6.76. The van der Waals surface area contributed by atoms with Gasteiger partial charge in [0.25, 0.3) is 0 Å². The van der Waals surface area contributed by atoms with Gasteiger partial charge in [-0.1, -0.05) is 54.6 Å². The average molecular weight is 267 g/mol. The molecule has 0 radical (unpaired) electrons. The Morgan fingerprint density at radius 2 is 1.65 bits per heavy atom. The molecule has 2 aromatic carbocycles. The van der Waals surface area contributed by atoms with E-state index in [1.54, 1.807) is 0 Å². The molecule has 1 saturated heterocycles. The molecular weight excluding hydrogens is 250 g/mol. The van der Waals surface area contributed by atoms with E-state index in [4.69, 9.17) is 10.5 Å². The summed E-state index contributed by atoms with van der Waals surface area (Å²) < 4.78 is 5.25. The van der Waals surface area contributed by atoms with Gasteiger partial charge in [-0.15, -0.1) is 0 Å². The minimum absolute atomic E-state index is 0.0328. The van der Waals surface area contributed by atoms with Gasteiger partial charge < -0.3 is 10.5 Å². The molecule has 3 nitrogen and oxygen atoms in total. The number of Topliss-reactive ketones (excluding diaryl/α,β-unsaturated/α-hetero) is 1. The molecule has 3 heteroatoms. The third kappa shape index (κ3) is 2.38. The highest BCUT2D eigenvalue weighted by molar-refractivity contribution is 6.03. The third-order valence-electron chi connectivity index (χ3n) is 3.76. The summed E-state index contributed by atoms with van der Waals surface area (Å²) in [6.45, 7) is 0.872. The smallest absolute Gasteiger partial charge is 0.185 e. The Kier molecular flexibility index (Phi) is 3.38. The lowest BCUT2D eigenvalue weighted by Crippen LogP contribution is -2.48. The average Bonchev–Trinajstić information content (AvgIpc) is 2.96. The number of nitrogens with two attached hydrogens (primary N) is 1. The number of ketones is 1. The van der Waals surface area contributed by atoms with Gasteiger partial charge in [-0.05, 0) is 17.5 Å². The van der Waals surface area contributed by atoms with Crippen molar-refractivity contribution in [3.63, 3.8) is 0 Å². The van der Waals surface area contributed by atoms with Crippen molar-refractivity contribution in [2.24, 2.45) is 5.73 Å². The van der Waals surface area contributed by atoms with Crippen molar-refractivity contribution in [1.29, 1.82) is 0 Å². The Bertz CT molecular complexity index is 599. The van der Waals surface area contributed by atoms with Crippen LogP contribution in [0.3, 0.4) is 0 Å². The van der Waals surface area contributed by atoms with Crippen LogP contribution in [0.25, 0.3) is 11.1 Å². The minimum atomic E-state index is -0.853. The number of rotatable bonds is 3. The first kappa shape index (κ1) is 13.0. The van der Waals surface area contributed by atoms with Crippen LogP contribution in [0.1, 0.15) is 16.8 Å². The number of carbonyl (C=O) groups excluding carboxylic acids is 1. The topological polar surface area (TPSA) is 52.3 Å². The van der Waals surface area contributed by atoms with Crippen LogP contribution in [-0.2, 0) is 4.74 Å². The number of carbonyl (C=O) groups is 1. The second kappa shape index (κ2) is 5.19. The quantitative estimate of drug-likeness (QED) is 0.870. The van der Waals surface area contributed by atoms with Crippen molar-refractivity contribution >= 4 is 5.78 Å². The van der Waals surface area contributed by atoms with Crippen molar-refractivity contribution in [3.8, 4) is 11.1 Å². The molecule has 2 N–H and O–H groups in total. The number of hydrogen-bond donors (Lipinski definition) is 1. The highest BCUT2D eigenvalue weighted by Gasteiger charge is 2.38. The lowest BCUT2D eigenvalue weighted by atomic mass is 9.89. The maximum absolute atomic E-state index is 12.4. The van der Waals surface area contributed by atoms with Crippen LogP contribution in [0.15, 0.2) is 54.6 Å². The number of benzene rings is 2. The fourth-order valence-corrected chi connectivity index (χ4v) is 2.49. The molecule has 3 rings (SSSR count). The molecule has 0 bridgehead atoms. The largest absolute Gasteiger partial charge is 0.379 e. The number of hydrogen-bond acceptors (Lipinski definition) is 3. The Morgan fingerprint density at radius 1 is 1.00 bits per heavy atom. The molecule has 1 atom stereocenters. The number of ether oxygens (including phenoxy) is 1. The lowest BCUT2D eigenvalue weighted by molar-refractivity contribution is 0.0863. The molecule has 0 saturated carbocycles. The Balaban J connectivity index is 1.85. The van der Waals surface area contributed by atoms with E-state index in [0.29, 0.717) is 25.2 Å². The van der Waals surface area contributed by atoms with Crippen LogP contribution < -0.4 is 5.73 Å². The van der Waals surface area contributed by atoms with Crippen LogP contribution in [0.4, 0.5) is 0 Å². The summed E-state index contributed by atoms with van der Waals surface area (Å²) in [6.07, 6.45) is 0.590. The fourth-order valence-electron chi connectivity index (χ4n) is 2.49. The van der Waals surface area contributed by atoms with E-state index in [2.05, 4.69) is 0 Å². The van der Waals surface area contributed by atoms with E-state index in [-0.39, 0.29) is 5.78 Å². The van der Waals surface area contributed by atoms with Crippen LogP contribution >= 0.6 is 0 Å². The van der Waals surface area contributed by atoms with E-state index in [9.17, 15) is 4.79 Å². The Morgan fingerprint density at radius 3 is 2.25 bits per heavy atom. The standard InChI is InChI=1S/C17H17NO2/c18-17(10-11-20-12-17)16(19)15-8-6-14(7-9-15)13-4-2-1-3-5-13/h1-9H,10-12,18H2. The van der Waals surface area contributed by atoms with Gasteiger partial charge in [0.15, 0.2) is 5.78 Å². The predicted molar refractivity (Wildman–Crippen MR) is 78.6 cm³/mol. The van der Waals surface area contributed by atoms with E-state index >= 15 is 0 Å². The summed E-state index contributed by atoms with van der Waals surface area (Å²) in [5.74, 6) is -0.0328. The van der Waals surface area contributed by atoms with E-state index < -0.39 is 5.54 Å². The molecular formula is C17H17NO2. The summed E-state index contributed by atoms with van der Waals surface area (Å²) in [6, 6.07) is 17.7.